The van der Waals surface area contributed by atoms with Gasteiger partial charge in [0.15, 0.2) is 0 Å². The summed E-state index contributed by atoms with van der Waals surface area (Å²) in [5, 5.41) is 11.9. The van der Waals surface area contributed by atoms with Crippen molar-refractivity contribution in [2.75, 3.05) is 4.93 Å². The first-order valence-electron chi connectivity index (χ1n) is 6.85. The molecular formula is C17H24IO-. The predicted molar refractivity (Wildman–Crippen MR) is 80.2 cm³/mol. The van der Waals surface area contributed by atoms with Crippen molar-refractivity contribution >= 4 is 10.8 Å². The summed E-state index contributed by atoms with van der Waals surface area (Å²) in [4.78, 5) is 2.23. The van der Waals surface area contributed by atoms with Gasteiger partial charge < -0.3 is 0 Å². The molecule has 0 aliphatic rings. The Bertz CT molecular complexity index is 518. The second-order valence-corrected chi connectivity index (χ2v) is 7.02. The molecule has 0 aromatic heterocycles. The van der Waals surface area contributed by atoms with Gasteiger partial charge in [0.25, 0.3) is 0 Å². The van der Waals surface area contributed by atoms with Crippen molar-refractivity contribution in [2.24, 2.45) is 0 Å². The van der Waals surface area contributed by atoms with Crippen LogP contribution in [0.15, 0.2) is 30.3 Å². The molecule has 0 spiro atoms. The third kappa shape index (κ3) is 5.01. The third-order valence-corrected chi connectivity index (χ3v) is 4.88. The van der Waals surface area contributed by atoms with E-state index < -0.39 is 0 Å². The Hall–Kier alpha value is -0.770. The van der Waals surface area contributed by atoms with Gasteiger partial charge in [-0.25, -0.2) is 0 Å². The van der Waals surface area contributed by atoms with Gasteiger partial charge in [0.1, 0.15) is 0 Å². The fourth-order valence-corrected chi connectivity index (χ4v) is 3.09. The number of alkyl halides is 1. The monoisotopic (exact) mass is 371 g/mol. The van der Waals surface area contributed by atoms with Crippen LogP contribution < -0.4 is 21.2 Å². The SMILES string of the molecule is CCCCC.C[I-]c1ccc2cc(C)cc(O)c2c1. The van der Waals surface area contributed by atoms with E-state index in [1.807, 2.05) is 13.0 Å². The molecule has 106 valence electrons. The maximum absolute atomic E-state index is 9.78. The molecule has 2 aromatic rings. The van der Waals surface area contributed by atoms with Crippen molar-refractivity contribution in [3.63, 3.8) is 0 Å². The summed E-state index contributed by atoms with van der Waals surface area (Å²) < 4.78 is 1.37. The first-order chi connectivity index (χ1) is 9.12. The standard InChI is InChI=1S/C12H12IO.C5H12/c1-8-5-9-3-4-10(13-2)7-11(9)12(14)6-8;1-3-5-4-2/h3-7,14H,1-2H3;3-5H2,1-2H3/q-1;. The number of phenols is 1. The van der Waals surface area contributed by atoms with E-state index in [1.54, 1.807) is 0 Å². The molecule has 2 heteroatoms. The van der Waals surface area contributed by atoms with E-state index in [0.717, 1.165) is 16.3 Å². The quantitative estimate of drug-likeness (QED) is 0.646. The van der Waals surface area contributed by atoms with Gasteiger partial charge in [-0.1, -0.05) is 33.1 Å². The fourth-order valence-electron chi connectivity index (χ4n) is 1.93. The van der Waals surface area contributed by atoms with Crippen LogP contribution in [-0.2, 0) is 0 Å². The number of aromatic hydroxyl groups is 1. The van der Waals surface area contributed by atoms with E-state index in [-0.39, 0.29) is 21.2 Å². The van der Waals surface area contributed by atoms with Gasteiger partial charge in [0.2, 0.25) is 0 Å². The Kier molecular flexibility index (Phi) is 7.21. The number of rotatable bonds is 3. The van der Waals surface area contributed by atoms with Crippen LogP contribution in [0.25, 0.3) is 10.8 Å². The minimum atomic E-state index is 0.103. The molecule has 2 rings (SSSR count). The number of aryl methyl sites for hydroxylation is 1. The summed E-state index contributed by atoms with van der Waals surface area (Å²) in [6, 6.07) is 10.3. The van der Waals surface area contributed by atoms with Crippen molar-refractivity contribution in [3.8, 4) is 5.75 Å². The molecule has 0 amide bonds. The zero-order valence-corrected chi connectivity index (χ0v) is 14.5. The van der Waals surface area contributed by atoms with Gasteiger partial charge >= 0.3 is 94.2 Å². The summed E-state index contributed by atoms with van der Waals surface area (Å²) >= 11 is 0.103. The molecule has 0 bridgehead atoms. The minimum absolute atomic E-state index is 0.103. The Morgan fingerprint density at radius 1 is 1.05 bits per heavy atom. The van der Waals surface area contributed by atoms with E-state index in [1.165, 1.54) is 22.8 Å². The second kappa shape index (κ2) is 8.41. The fraction of sp³-hybridized carbons (Fsp3) is 0.412. The van der Waals surface area contributed by atoms with Crippen LogP contribution in [0.3, 0.4) is 0 Å². The van der Waals surface area contributed by atoms with E-state index in [2.05, 4.69) is 43.0 Å². The molecule has 0 radical (unpaired) electrons. The molecule has 0 aliphatic heterocycles. The van der Waals surface area contributed by atoms with Crippen LogP contribution in [0.4, 0.5) is 0 Å². The summed E-state index contributed by atoms with van der Waals surface area (Å²) in [6.07, 6.45) is 4.08. The van der Waals surface area contributed by atoms with E-state index in [4.69, 9.17) is 0 Å². The van der Waals surface area contributed by atoms with E-state index in [0.29, 0.717) is 5.75 Å². The molecule has 0 saturated heterocycles. The first kappa shape index (κ1) is 16.3. The molecule has 0 atom stereocenters. The van der Waals surface area contributed by atoms with Crippen LogP contribution in [0.2, 0.25) is 0 Å². The summed E-state index contributed by atoms with van der Waals surface area (Å²) in [7, 11) is 0. The molecule has 0 unspecified atom stereocenters. The molecule has 1 N–H and O–H groups in total. The number of phenolic OH excluding ortho intramolecular Hbond substituents is 1. The number of fused-ring (bicyclic) bond motifs is 1. The van der Waals surface area contributed by atoms with Crippen LogP contribution >= 0.6 is 0 Å². The van der Waals surface area contributed by atoms with Gasteiger partial charge in [-0.05, 0) is 0 Å². The van der Waals surface area contributed by atoms with E-state index >= 15 is 0 Å². The average Bonchev–Trinajstić information content (AvgIpc) is 2.40. The van der Waals surface area contributed by atoms with Crippen LogP contribution in [0.5, 0.6) is 5.75 Å². The van der Waals surface area contributed by atoms with Gasteiger partial charge in [-0.2, -0.15) is 0 Å². The number of hydrogen-bond donors (Lipinski definition) is 1. The maximum atomic E-state index is 9.78. The van der Waals surface area contributed by atoms with Crippen molar-refractivity contribution in [3.05, 3.63) is 39.5 Å². The summed E-state index contributed by atoms with van der Waals surface area (Å²) in [6.45, 7) is 6.42. The van der Waals surface area contributed by atoms with E-state index in [9.17, 15) is 5.11 Å². The molecule has 2 aromatic carbocycles. The average molecular weight is 371 g/mol. The molecular weight excluding hydrogens is 347 g/mol. The Morgan fingerprint density at radius 3 is 2.26 bits per heavy atom. The number of benzene rings is 2. The molecule has 0 saturated carbocycles. The molecule has 0 fully saturated rings. The third-order valence-electron chi connectivity index (χ3n) is 2.96. The summed E-state index contributed by atoms with van der Waals surface area (Å²) in [5.74, 6) is 0.402. The van der Waals surface area contributed by atoms with Crippen molar-refractivity contribution in [2.45, 2.75) is 40.0 Å². The normalized spacial score (nSPS) is 10.3. The molecule has 0 aliphatic carbocycles. The molecule has 1 nitrogen and oxygen atoms in total. The summed E-state index contributed by atoms with van der Waals surface area (Å²) in [5.41, 5.74) is 1.11. The number of unbranched alkanes of at least 4 members (excludes halogenated alkanes) is 2. The van der Waals surface area contributed by atoms with Gasteiger partial charge in [0, 0.05) is 0 Å². The van der Waals surface area contributed by atoms with Crippen molar-refractivity contribution in [1.29, 1.82) is 0 Å². The van der Waals surface area contributed by atoms with Gasteiger partial charge in [-0.15, -0.1) is 0 Å². The zero-order chi connectivity index (χ0) is 14.3. The second-order valence-electron chi connectivity index (χ2n) is 4.69. The molecule has 0 heterocycles. The van der Waals surface area contributed by atoms with Crippen LogP contribution in [0, 0.1) is 10.5 Å². The topological polar surface area (TPSA) is 20.2 Å². The number of hydrogen-bond acceptors (Lipinski definition) is 1. The molecule has 19 heavy (non-hydrogen) atoms. The Morgan fingerprint density at radius 2 is 1.74 bits per heavy atom. The van der Waals surface area contributed by atoms with Crippen molar-refractivity contribution in [1.82, 2.24) is 0 Å². The predicted octanol–water partition coefficient (Wildman–Crippen LogP) is 1.94. The number of halogens is 1. The Balaban J connectivity index is 0.000000312. The van der Waals surface area contributed by atoms with Crippen LogP contribution in [0.1, 0.15) is 38.7 Å². The Labute approximate surface area is 127 Å². The first-order valence-corrected chi connectivity index (χ1v) is 10.1. The zero-order valence-electron chi connectivity index (χ0n) is 12.3. The van der Waals surface area contributed by atoms with Crippen LogP contribution in [-0.4, -0.2) is 10.0 Å². The van der Waals surface area contributed by atoms with Gasteiger partial charge in [-0.3, -0.25) is 0 Å². The van der Waals surface area contributed by atoms with Gasteiger partial charge in [0.05, 0.1) is 0 Å². The van der Waals surface area contributed by atoms with Crippen molar-refractivity contribution < 1.29 is 26.3 Å².